The number of aromatic nitrogens is 3. The van der Waals surface area contributed by atoms with E-state index in [1.54, 1.807) is 10.8 Å². The SMILES string of the molecule is CCC(c1nc2ccsc2c(=O)n1Cc1ccccn1)N(CCCN)C(=O)c1ccc(C)cc1. The molecule has 0 radical (unpaired) electrons. The largest absolute Gasteiger partial charge is 0.330 e. The Hall–Kier alpha value is -3.36. The molecule has 3 heterocycles. The van der Waals surface area contributed by atoms with Crippen LogP contribution in [0.4, 0.5) is 0 Å². The molecule has 0 fully saturated rings. The molecule has 0 bridgehead atoms. The topological polar surface area (TPSA) is 94.1 Å². The minimum absolute atomic E-state index is 0.0932. The second-order valence-electron chi connectivity index (χ2n) is 8.25. The number of carbonyl (C=O) groups excluding carboxylic acids is 1. The standard InChI is InChI=1S/C26H29N5O2S/c1-3-22(30(15-6-13-27)25(32)19-10-8-18(2)9-11-19)24-29-21-12-16-34-23(21)26(33)31(24)17-20-7-4-5-14-28-20/h4-5,7-12,14,16,22H,3,6,13,15,17,27H2,1-2H3. The van der Waals surface area contributed by atoms with Gasteiger partial charge < -0.3 is 10.6 Å². The third-order valence-corrected chi connectivity index (χ3v) is 6.76. The van der Waals surface area contributed by atoms with Crippen molar-refractivity contribution in [2.45, 2.75) is 39.3 Å². The van der Waals surface area contributed by atoms with Gasteiger partial charge in [-0.1, -0.05) is 30.7 Å². The molecule has 0 aliphatic carbocycles. The zero-order valence-corrected chi connectivity index (χ0v) is 20.3. The van der Waals surface area contributed by atoms with E-state index in [2.05, 4.69) is 4.98 Å². The van der Waals surface area contributed by atoms with Crippen LogP contribution in [-0.4, -0.2) is 38.4 Å². The van der Waals surface area contributed by atoms with Gasteiger partial charge in [-0.05, 0) is 62.0 Å². The van der Waals surface area contributed by atoms with E-state index in [0.29, 0.717) is 47.5 Å². The lowest BCUT2D eigenvalue weighted by Crippen LogP contribution is -2.40. The number of hydrogen-bond acceptors (Lipinski definition) is 6. The number of hydrogen-bond donors (Lipinski definition) is 1. The second-order valence-corrected chi connectivity index (χ2v) is 9.16. The van der Waals surface area contributed by atoms with Gasteiger partial charge in [0.2, 0.25) is 0 Å². The lowest BCUT2D eigenvalue weighted by atomic mass is 10.1. The van der Waals surface area contributed by atoms with E-state index in [9.17, 15) is 9.59 Å². The van der Waals surface area contributed by atoms with Crippen molar-refractivity contribution < 1.29 is 4.79 Å². The van der Waals surface area contributed by atoms with Gasteiger partial charge in [-0.25, -0.2) is 4.98 Å². The molecule has 3 aromatic heterocycles. The lowest BCUT2D eigenvalue weighted by molar-refractivity contribution is 0.0655. The maximum Gasteiger partial charge on any atom is 0.271 e. The summed E-state index contributed by atoms with van der Waals surface area (Å²) in [7, 11) is 0. The highest BCUT2D eigenvalue weighted by Gasteiger charge is 2.29. The van der Waals surface area contributed by atoms with Gasteiger partial charge >= 0.3 is 0 Å². The number of amides is 1. The first-order chi connectivity index (χ1) is 16.5. The number of rotatable bonds is 9. The van der Waals surface area contributed by atoms with Gasteiger partial charge in [0, 0.05) is 18.3 Å². The molecule has 0 spiro atoms. The Kier molecular flexibility index (Phi) is 7.49. The van der Waals surface area contributed by atoms with Gasteiger partial charge in [-0.2, -0.15) is 0 Å². The number of thiophene rings is 1. The maximum absolute atomic E-state index is 13.7. The molecule has 1 amide bonds. The van der Waals surface area contributed by atoms with Crippen LogP contribution in [0, 0.1) is 6.92 Å². The van der Waals surface area contributed by atoms with Gasteiger partial charge in [-0.15, -0.1) is 11.3 Å². The van der Waals surface area contributed by atoms with Gasteiger partial charge in [0.05, 0.1) is 23.8 Å². The molecule has 1 unspecified atom stereocenters. The molecule has 8 heteroatoms. The first-order valence-electron chi connectivity index (χ1n) is 11.5. The summed E-state index contributed by atoms with van der Waals surface area (Å²) in [4.78, 5) is 38.3. The Morgan fingerprint density at radius 1 is 1.18 bits per heavy atom. The zero-order valence-electron chi connectivity index (χ0n) is 19.5. The fraction of sp³-hybridized carbons (Fsp3) is 0.308. The number of benzene rings is 1. The van der Waals surface area contributed by atoms with Crippen molar-refractivity contribution in [3.63, 3.8) is 0 Å². The van der Waals surface area contributed by atoms with Crippen LogP contribution in [-0.2, 0) is 6.54 Å². The van der Waals surface area contributed by atoms with Gasteiger partial charge in [-0.3, -0.25) is 19.1 Å². The molecule has 1 aromatic carbocycles. The molecule has 2 N–H and O–H groups in total. The summed E-state index contributed by atoms with van der Waals surface area (Å²) in [5.74, 6) is 0.478. The van der Waals surface area contributed by atoms with E-state index in [0.717, 1.165) is 11.3 Å². The van der Waals surface area contributed by atoms with Crippen molar-refractivity contribution in [3.8, 4) is 0 Å². The molecular formula is C26H29N5O2S. The fourth-order valence-electron chi connectivity index (χ4n) is 4.09. The highest BCUT2D eigenvalue weighted by atomic mass is 32.1. The molecule has 4 rings (SSSR count). The van der Waals surface area contributed by atoms with Crippen LogP contribution in [0.25, 0.3) is 10.2 Å². The van der Waals surface area contributed by atoms with Gasteiger partial charge in [0.15, 0.2) is 0 Å². The Morgan fingerprint density at radius 2 is 1.97 bits per heavy atom. The summed E-state index contributed by atoms with van der Waals surface area (Å²) in [5.41, 5.74) is 8.82. The van der Waals surface area contributed by atoms with E-state index in [4.69, 9.17) is 10.7 Å². The molecule has 0 saturated heterocycles. The predicted octanol–water partition coefficient (Wildman–Crippen LogP) is 4.15. The third kappa shape index (κ3) is 4.93. The van der Waals surface area contributed by atoms with E-state index in [1.807, 2.05) is 72.7 Å². The van der Waals surface area contributed by atoms with E-state index in [1.165, 1.54) is 11.3 Å². The second kappa shape index (κ2) is 10.7. The lowest BCUT2D eigenvalue weighted by Gasteiger charge is -2.32. The van der Waals surface area contributed by atoms with Crippen molar-refractivity contribution >= 4 is 27.5 Å². The maximum atomic E-state index is 13.7. The Morgan fingerprint density at radius 3 is 2.65 bits per heavy atom. The van der Waals surface area contributed by atoms with Crippen molar-refractivity contribution in [1.82, 2.24) is 19.4 Å². The van der Waals surface area contributed by atoms with Crippen molar-refractivity contribution in [3.05, 3.63) is 93.1 Å². The summed E-state index contributed by atoms with van der Waals surface area (Å²) < 4.78 is 2.28. The zero-order chi connectivity index (χ0) is 24.1. The minimum Gasteiger partial charge on any atom is -0.330 e. The summed E-state index contributed by atoms with van der Waals surface area (Å²) >= 11 is 1.38. The van der Waals surface area contributed by atoms with Gasteiger partial charge in [0.25, 0.3) is 11.5 Å². The summed E-state index contributed by atoms with van der Waals surface area (Å²) in [5, 5.41) is 1.87. The monoisotopic (exact) mass is 475 g/mol. The Balaban J connectivity index is 1.84. The van der Waals surface area contributed by atoms with Crippen molar-refractivity contribution in [2.24, 2.45) is 5.73 Å². The summed E-state index contributed by atoms with van der Waals surface area (Å²) in [6.07, 6.45) is 2.97. The van der Waals surface area contributed by atoms with Crippen molar-refractivity contribution in [2.75, 3.05) is 13.1 Å². The van der Waals surface area contributed by atoms with Crippen LogP contribution >= 0.6 is 11.3 Å². The molecule has 0 saturated carbocycles. The van der Waals surface area contributed by atoms with Crippen molar-refractivity contribution in [1.29, 1.82) is 0 Å². The molecule has 0 aliphatic heterocycles. The predicted molar refractivity (Wildman–Crippen MR) is 136 cm³/mol. The van der Waals surface area contributed by atoms with Crippen LogP contribution in [0.5, 0.6) is 0 Å². The molecular weight excluding hydrogens is 446 g/mol. The Bertz CT molecular complexity index is 1310. The first-order valence-corrected chi connectivity index (χ1v) is 12.4. The molecule has 0 aliphatic rings. The number of nitrogens with two attached hydrogens (primary N) is 1. The van der Waals surface area contributed by atoms with Crippen LogP contribution in [0.2, 0.25) is 0 Å². The third-order valence-electron chi connectivity index (χ3n) is 5.87. The Labute approximate surface area is 202 Å². The average molecular weight is 476 g/mol. The quantitative estimate of drug-likeness (QED) is 0.392. The summed E-state index contributed by atoms with van der Waals surface area (Å²) in [6, 6.07) is 14.7. The average Bonchev–Trinajstić information content (AvgIpc) is 3.33. The number of nitrogens with zero attached hydrogens (tertiary/aromatic N) is 4. The first kappa shape index (κ1) is 23.8. The smallest absolute Gasteiger partial charge is 0.271 e. The number of pyridine rings is 1. The molecule has 34 heavy (non-hydrogen) atoms. The summed E-state index contributed by atoms with van der Waals surface area (Å²) in [6.45, 7) is 5.23. The molecule has 176 valence electrons. The van der Waals surface area contributed by atoms with Crippen LogP contribution in [0.3, 0.4) is 0 Å². The van der Waals surface area contributed by atoms with Gasteiger partial charge in [0.1, 0.15) is 10.5 Å². The van der Waals surface area contributed by atoms with Crippen LogP contribution in [0.15, 0.2) is 64.9 Å². The number of fused-ring (bicyclic) bond motifs is 1. The van der Waals surface area contributed by atoms with Crippen LogP contribution in [0.1, 0.15) is 53.2 Å². The molecule has 4 aromatic rings. The highest BCUT2D eigenvalue weighted by Crippen LogP contribution is 2.27. The minimum atomic E-state index is -0.388. The van der Waals surface area contributed by atoms with E-state index >= 15 is 0 Å². The number of carbonyl (C=O) groups is 1. The fourth-order valence-corrected chi connectivity index (χ4v) is 4.87. The van der Waals surface area contributed by atoms with Crippen LogP contribution < -0.4 is 11.3 Å². The number of aryl methyl sites for hydroxylation is 1. The molecule has 7 nitrogen and oxygen atoms in total. The van der Waals surface area contributed by atoms with E-state index in [-0.39, 0.29) is 24.1 Å². The van der Waals surface area contributed by atoms with E-state index < -0.39 is 0 Å². The normalized spacial score (nSPS) is 12.1. The molecule has 1 atom stereocenters. The highest BCUT2D eigenvalue weighted by molar-refractivity contribution is 7.17.